The lowest BCUT2D eigenvalue weighted by Gasteiger charge is -2.42. The summed E-state index contributed by atoms with van der Waals surface area (Å²) in [6.45, 7) is 9.14. The van der Waals surface area contributed by atoms with Crippen LogP contribution in [-0.2, 0) is 23.9 Å². The molecule has 0 radical (unpaired) electrons. The summed E-state index contributed by atoms with van der Waals surface area (Å²) in [6.07, 6.45) is 24.6. The van der Waals surface area contributed by atoms with Crippen molar-refractivity contribution in [1.82, 2.24) is 26.6 Å². The highest BCUT2D eigenvalue weighted by atomic mass is 16.7. The number of Topliss-reactive ketones (excluding diaryl/α,β-unsaturated/α-hetero) is 2. The zero-order valence-corrected chi connectivity index (χ0v) is 37.4. The number of nitrogens with two attached hydrogens (primary N) is 1. The van der Waals surface area contributed by atoms with Crippen LogP contribution in [0.3, 0.4) is 0 Å². The summed E-state index contributed by atoms with van der Waals surface area (Å²) in [5, 5.41) is 17.6. The maximum absolute atomic E-state index is 15.1. The van der Waals surface area contributed by atoms with E-state index in [-0.39, 0.29) is 54.7 Å². The Balaban J connectivity index is 1.12. The number of hydrogen-bond donors (Lipinski definition) is 6. The highest BCUT2D eigenvalue weighted by molar-refractivity contribution is 6.23. The molecule has 7 aliphatic rings. The molecule has 3 saturated carbocycles. The molecule has 0 spiro atoms. The highest BCUT2D eigenvalue weighted by Crippen LogP contribution is 2.62. The molecule has 7 rings (SSSR count). The number of nitrogens with zero attached hydrogens (tertiary/aromatic N) is 1. The van der Waals surface area contributed by atoms with E-state index in [0.717, 1.165) is 70.0 Å². The third-order valence-corrected chi connectivity index (χ3v) is 15.5. The fraction of sp³-hybridized carbons (Fsp3) is 0.792. The van der Waals surface area contributed by atoms with E-state index in [1.807, 2.05) is 13.1 Å². The third-order valence-electron chi connectivity index (χ3n) is 15.5. The minimum absolute atomic E-state index is 0.00543. The van der Waals surface area contributed by atoms with E-state index in [1.54, 1.807) is 7.05 Å². The van der Waals surface area contributed by atoms with Crippen LogP contribution < -0.4 is 32.3 Å². The van der Waals surface area contributed by atoms with Crippen LogP contribution in [0.25, 0.3) is 0 Å². The number of carbonyl (C=O) groups is 3. The van der Waals surface area contributed by atoms with E-state index < -0.39 is 29.0 Å². The molecule has 60 heavy (non-hydrogen) atoms. The van der Waals surface area contributed by atoms with Crippen LogP contribution in [0.2, 0.25) is 0 Å². The molecule has 0 aromatic rings. The van der Waals surface area contributed by atoms with Crippen LogP contribution in [0.1, 0.15) is 124 Å². The molecule has 7 N–H and O–H groups in total. The number of epoxide rings is 1. The predicted molar refractivity (Wildman–Crippen MR) is 237 cm³/mol. The van der Waals surface area contributed by atoms with Gasteiger partial charge < -0.3 is 36.5 Å². The lowest BCUT2D eigenvalue weighted by atomic mass is 9.57. The molecule has 12 heteroatoms. The van der Waals surface area contributed by atoms with E-state index >= 15 is 4.79 Å². The molecule has 0 bridgehead atoms. The number of ketones is 2. The number of allylic oxidation sites excluding steroid dienone is 3. The van der Waals surface area contributed by atoms with Crippen molar-refractivity contribution in [3.05, 3.63) is 35.5 Å². The van der Waals surface area contributed by atoms with Crippen molar-refractivity contribution in [2.75, 3.05) is 40.5 Å². The first-order valence-electron chi connectivity index (χ1n) is 23.8. The van der Waals surface area contributed by atoms with Gasteiger partial charge >= 0.3 is 5.97 Å². The van der Waals surface area contributed by atoms with E-state index in [9.17, 15) is 9.59 Å². The summed E-state index contributed by atoms with van der Waals surface area (Å²) < 4.78 is 12.9. The largest absolute Gasteiger partial charge is 0.463 e. The molecule has 5 unspecified atom stereocenters. The van der Waals surface area contributed by atoms with Crippen LogP contribution in [-0.4, -0.2) is 93.4 Å². The molecule has 11 atom stereocenters. The van der Waals surface area contributed by atoms with Crippen molar-refractivity contribution in [1.29, 1.82) is 0 Å². The summed E-state index contributed by atoms with van der Waals surface area (Å²) in [5.74, 6) is 0.379. The van der Waals surface area contributed by atoms with Gasteiger partial charge in [0.1, 0.15) is 0 Å². The number of hydrogen-bond acceptors (Lipinski definition) is 10. The Hall–Kier alpha value is -2.90. The summed E-state index contributed by atoms with van der Waals surface area (Å²) in [7, 11) is 3.61. The number of carbonyl (C=O) groups excluding carboxylic acids is 3. The first-order chi connectivity index (χ1) is 29.0. The fourth-order valence-electron chi connectivity index (χ4n) is 12.2. The van der Waals surface area contributed by atoms with Crippen LogP contribution in [0.5, 0.6) is 0 Å². The number of ether oxygens (including phenoxy) is 2. The second kappa shape index (κ2) is 20.1. The van der Waals surface area contributed by atoms with Crippen LogP contribution in [0.15, 0.2) is 40.4 Å². The Kier molecular flexibility index (Phi) is 15.1. The zero-order valence-electron chi connectivity index (χ0n) is 37.4. The van der Waals surface area contributed by atoms with Gasteiger partial charge in [-0.05, 0) is 133 Å². The standard InChI is InChI=1S/C48H77N7O5/c1-30(2)22-36-16-11-17-38-42(36)44(57)48(45(58)59-28-37-24-33-14-9-10-15-34(33)25-39(37)53-27-32-12-7-6-8-13-32)47(60-48,43(38)56)20-18-31(3)23-40(55-46(49)51-5)35-19-21-52-41(26-35)54-29-50-4/h10,15,18,25,30,32-33,35-42,50,52-54H,6-9,11-14,16-17,19-24,26-29H2,1-5H3,(H3,49,51,55)/t33-,35?,36?,37-,38?,39+,40+,41?,42?,47+,48-/m1/s1. The summed E-state index contributed by atoms with van der Waals surface area (Å²) in [5.41, 5.74) is 5.25. The molecule has 334 valence electrons. The van der Waals surface area contributed by atoms with Crippen molar-refractivity contribution in [3.8, 4) is 0 Å². The Morgan fingerprint density at radius 1 is 1.05 bits per heavy atom. The molecule has 0 amide bonds. The number of nitrogens with one attached hydrogen (secondary N) is 5. The molecular weight excluding hydrogens is 755 g/mol. The molecular formula is C48H77N7O5. The van der Waals surface area contributed by atoms with E-state index in [2.05, 4.69) is 70.6 Å². The van der Waals surface area contributed by atoms with Crippen molar-refractivity contribution >= 4 is 23.5 Å². The maximum Gasteiger partial charge on any atom is 0.350 e. The molecule has 5 aliphatic carbocycles. The van der Waals surface area contributed by atoms with Gasteiger partial charge in [0.2, 0.25) is 0 Å². The number of rotatable bonds is 17. The number of fused-ring (bicyclic) bond motifs is 3. The fourth-order valence-corrected chi connectivity index (χ4v) is 12.2. The highest BCUT2D eigenvalue weighted by Gasteiger charge is 2.87. The second-order valence-corrected chi connectivity index (χ2v) is 20.0. The number of esters is 1. The summed E-state index contributed by atoms with van der Waals surface area (Å²) in [4.78, 5) is 49.1. The van der Waals surface area contributed by atoms with Crippen LogP contribution in [0.4, 0.5) is 0 Å². The van der Waals surface area contributed by atoms with Gasteiger partial charge in [-0.2, -0.15) is 0 Å². The third kappa shape index (κ3) is 9.68. The number of guanidine groups is 1. The first-order valence-corrected chi connectivity index (χ1v) is 23.8. The lowest BCUT2D eigenvalue weighted by Crippen LogP contribution is -2.60. The Bertz CT molecular complexity index is 1650. The van der Waals surface area contributed by atoms with Gasteiger partial charge in [0, 0.05) is 50.0 Å². The van der Waals surface area contributed by atoms with Gasteiger partial charge in [0.15, 0.2) is 23.1 Å². The minimum Gasteiger partial charge on any atom is -0.463 e. The Morgan fingerprint density at radius 3 is 2.63 bits per heavy atom. The zero-order chi connectivity index (χ0) is 42.4. The molecule has 12 nitrogen and oxygen atoms in total. The van der Waals surface area contributed by atoms with Crippen molar-refractivity contribution in [2.24, 2.45) is 58.1 Å². The van der Waals surface area contributed by atoms with E-state index in [1.165, 1.54) is 37.7 Å². The van der Waals surface area contributed by atoms with Gasteiger partial charge in [-0.25, -0.2) is 4.79 Å². The molecule has 2 heterocycles. The van der Waals surface area contributed by atoms with Gasteiger partial charge in [0.25, 0.3) is 5.60 Å². The Labute approximate surface area is 359 Å². The van der Waals surface area contributed by atoms with Crippen molar-refractivity contribution in [2.45, 2.75) is 153 Å². The minimum atomic E-state index is -1.90. The predicted octanol–water partition coefficient (Wildman–Crippen LogP) is 5.44. The molecule has 2 saturated heterocycles. The second-order valence-electron chi connectivity index (χ2n) is 20.0. The van der Waals surface area contributed by atoms with Crippen molar-refractivity contribution < 1.29 is 23.9 Å². The number of aliphatic imine (C=N–C) groups is 1. The lowest BCUT2D eigenvalue weighted by molar-refractivity contribution is -0.161. The normalized spacial score (nSPS) is 36.5. The van der Waals surface area contributed by atoms with Gasteiger partial charge in [-0.15, -0.1) is 0 Å². The molecule has 5 fully saturated rings. The average Bonchev–Trinajstić information content (AvgIpc) is 3.97. The maximum atomic E-state index is 15.1. The summed E-state index contributed by atoms with van der Waals surface area (Å²) in [6, 6.07) is 0.0806. The quantitative estimate of drug-likeness (QED) is 0.0210. The topological polar surface area (TPSA) is 172 Å². The average molecular weight is 832 g/mol. The van der Waals surface area contributed by atoms with Crippen LogP contribution >= 0.6 is 0 Å². The van der Waals surface area contributed by atoms with Gasteiger partial charge in [-0.1, -0.05) is 69.4 Å². The SMILES string of the molecule is CN=C(N)N[C@@H](CC(C)=CC[C@@]12O[C@@]1(C(=O)OC[C@H]1C[C@H]3CCC=CC3=C[C@@H]1NCC1CCCCC1)C(=O)C1C(CC(C)C)CCCC1C2=O)C1CCNC(NCNC)C1. The van der Waals surface area contributed by atoms with Gasteiger partial charge in [0.05, 0.1) is 12.8 Å². The van der Waals surface area contributed by atoms with E-state index in [4.69, 9.17) is 15.2 Å². The molecule has 2 aliphatic heterocycles. The molecule has 0 aromatic carbocycles. The smallest absolute Gasteiger partial charge is 0.350 e. The molecule has 0 aromatic heterocycles. The monoisotopic (exact) mass is 832 g/mol. The number of piperidine rings is 1. The van der Waals surface area contributed by atoms with Crippen LogP contribution in [0, 0.1) is 47.3 Å². The first kappa shape index (κ1) is 45.1. The Morgan fingerprint density at radius 2 is 1.87 bits per heavy atom. The van der Waals surface area contributed by atoms with E-state index in [0.29, 0.717) is 49.1 Å². The van der Waals surface area contributed by atoms with Crippen molar-refractivity contribution in [3.63, 3.8) is 0 Å². The van der Waals surface area contributed by atoms with Gasteiger partial charge in [-0.3, -0.25) is 19.9 Å². The summed E-state index contributed by atoms with van der Waals surface area (Å²) >= 11 is 0.